The molecule has 0 atom stereocenters. The lowest BCUT2D eigenvalue weighted by Crippen LogP contribution is -2.26. The standard InChI is InChI=1S/C16H22F2N2O6/c1-3-4-7-25-8-5-6-19-15(21)11-9-13(24-2)14(26-16(17)18)10-12(11)20(22)23/h9-10,16H,3-8H2,1-2H3,(H,19,21). The number of nitro benzene ring substituents is 1. The number of hydrogen-bond acceptors (Lipinski definition) is 6. The van der Waals surface area contributed by atoms with Crippen LogP contribution < -0.4 is 14.8 Å². The Kier molecular flexibility index (Phi) is 9.27. The fourth-order valence-electron chi connectivity index (χ4n) is 2.05. The molecule has 0 saturated heterocycles. The second-order valence-corrected chi connectivity index (χ2v) is 5.23. The van der Waals surface area contributed by atoms with Crippen molar-refractivity contribution in [2.24, 2.45) is 0 Å². The van der Waals surface area contributed by atoms with Crippen molar-refractivity contribution in [1.29, 1.82) is 0 Å². The number of carbonyl (C=O) groups excluding carboxylic acids is 1. The number of halogens is 2. The summed E-state index contributed by atoms with van der Waals surface area (Å²) in [5.41, 5.74) is -0.960. The summed E-state index contributed by atoms with van der Waals surface area (Å²) in [6.45, 7) is 0.198. The number of alkyl halides is 2. The van der Waals surface area contributed by atoms with Gasteiger partial charge >= 0.3 is 6.61 Å². The minimum absolute atomic E-state index is 0.205. The number of benzene rings is 1. The number of hydrogen-bond donors (Lipinski definition) is 1. The number of ether oxygens (including phenoxy) is 3. The smallest absolute Gasteiger partial charge is 0.387 e. The third kappa shape index (κ3) is 6.79. The van der Waals surface area contributed by atoms with Gasteiger partial charge in [-0.3, -0.25) is 14.9 Å². The molecule has 0 fully saturated rings. The topological polar surface area (TPSA) is 99.9 Å². The highest BCUT2D eigenvalue weighted by atomic mass is 19.3. The molecular weight excluding hydrogens is 354 g/mol. The summed E-state index contributed by atoms with van der Waals surface area (Å²) in [5.74, 6) is -1.44. The molecule has 0 radical (unpaired) electrons. The van der Waals surface area contributed by atoms with Gasteiger partial charge in [0.2, 0.25) is 0 Å². The Bertz CT molecular complexity index is 613. The van der Waals surface area contributed by atoms with Crippen LogP contribution >= 0.6 is 0 Å². The van der Waals surface area contributed by atoms with E-state index in [-0.39, 0.29) is 17.9 Å². The molecule has 0 unspecified atom stereocenters. The highest BCUT2D eigenvalue weighted by Gasteiger charge is 2.25. The van der Waals surface area contributed by atoms with E-state index in [1.54, 1.807) is 0 Å². The summed E-state index contributed by atoms with van der Waals surface area (Å²) in [7, 11) is 1.18. The molecule has 1 aromatic rings. The first-order valence-corrected chi connectivity index (χ1v) is 8.07. The normalized spacial score (nSPS) is 10.7. The van der Waals surface area contributed by atoms with E-state index in [0.717, 1.165) is 25.0 Å². The molecule has 0 aromatic heterocycles. The SMILES string of the molecule is CCCCOCCCNC(=O)c1cc(OC)c(OC(F)F)cc1[N+](=O)[O-]. The Morgan fingerprint density at radius 3 is 2.54 bits per heavy atom. The van der Waals surface area contributed by atoms with E-state index in [4.69, 9.17) is 9.47 Å². The van der Waals surface area contributed by atoms with Crippen molar-refractivity contribution >= 4 is 11.6 Å². The van der Waals surface area contributed by atoms with Crippen molar-refractivity contribution in [1.82, 2.24) is 5.32 Å². The largest absolute Gasteiger partial charge is 0.493 e. The molecule has 8 nitrogen and oxygen atoms in total. The van der Waals surface area contributed by atoms with Crippen LogP contribution in [0.25, 0.3) is 0 Å². The second kappa shape index (κ2) is 11.2. The van der Waals surface area contributed by atoms with Crippen molar-refractivity contribution in [2.45, 2.75) is 32.8 Å². The van der Waals surface area contributed by atoms with Gasteiger partial charge in [0.25, 0.3) is 11.6 Å². The quantitative estimate of drug-likeness (QED) is 0.342. The van der Waals surface area contributed by atoms with Gasteiger partial charge in [-0.2, -0.15) is 8.78 Å². The van der Waals surface area contributed by atoms with Crippen molar-refractivity contribution in [2.75, 3.05) is 26.9 Å². The number of carbonyl (C=O) groups is 1. The number of nitro groups is 1. The van der Waals surface area contributed by atoms with Crippen molar-refractivity contribution < 1.29 is 32.7 Å². The molecule has 26 heavy (non-hydrogen) atoms. The van der Waals surface area contributed by atoms with Gasteiger partial charge in [-0.05, 0) is 12.8 Å². The molecule has 0 aliphatic heterocycles. The van der Waals surface area contributed by atoms with E-state index >= 15 is 0 Å². The first kappa shape index (κ1) is 21.6. The molecule has 0 aliphatic carbocycles. The average Bonchev–Trinajstić information content (AvgIpc) is 2.59. The van der Waals surface area contributed by atoms with Gasteiger partial charge in [0, 0.05) is 25.8 Å². The predicted molar refractivity (Wildman–Crippen MR) is 89.0 cm³/mol. The summed E-state index contributed by atoms with van der Waals surface area (Å²) < 4.78 is 39.2. The van der Waals surface area contributed by atoms with E-state index in [2.05, 4.69) is 10.1 Å². The van der Waals surface area contributed by atoms with Crippen LogP contribution in [0.5, 0.6) is 11.5 Å². The molecule has 0 aliphatic rings. The third-order valence-corrected chi connectivity index (χ3v) is 3.33. The number of unbranched alkanes of at least 4 members (excludes halogenated alkanes) is 1. The summed E-state index contributed by atoms with van der Waals surface area (Å²) in [6.07, 6.45) is 2.51. The molecule has 0 spiro atoms. The molecule has 10 heteroatoms. The Morgan fingerprint density at radius 2 is 1.96 bits per heavy atom. The van der Waals surface area contributed by atoms with Gasteiger partial charge in [-0.25, -0.2) is 0 Å². The summed E-state index contributed by atoms with van der Waals surface area (Å²) in [6, 6.07) is 1.75. The summed E-state index contributed by atoms with van der Waals surface area (Å²) in [5, 5.41) is 13.7. The minimum atomic E-state index is -3.18. The molecule has 1 N–H and O–H groups in total. The van der Waals surface area contributed by atoms with Crippen LogP contribution in [0.4, 0.5) is 14.5 Å². The Balaban J connectivity index is 2.79. The van der Waals surface area contributed by atoms with Gasteiger partial charge in [-0.1, -0.05) is 13.3 Å². The number of amides is 1. The fraction of sp³-hybridized carbons (Fsp3) is 0.562. The van der Waals surface area contributed by atoms with Crippen LogP contribution in [-0.2, 0) is 4.74 Å². The van der Waals surface area contributed by atoms with Crippen LogP contribution in [0.3, 0.4) is 0 Å². The number of rotatable bonds is 12. The third-order valence-electron chi connectivity index (χ3n) is 3.33. The maximum absolute atomic E-state index is 12.4. The molecular formula is C16H22F2N2O6. The van der Waals surface area contributed by atoms with E-state index in [9.17, 15) is 23.7 Å². The lowest BCUT2D eigenvalue weighted by Gasteiger charge is -2.12. The van der Waals surface area contributed by atoms with Crippen LogP contribution in [0.2, 0.25) is 0 Å². The number of nitrogens with zero attached hydrogens (tertiary/aromatic N) is 1. The lowest BCUT2D eigenvalue weighted by atomic mass is 10.1. The molecule has 0 saturated carbocycles. The van der Waals surface area contributed by atoms with Gasteiger partial charge in [-0.15, -0.1) is 0 Å². The van der Waals surface area contributed by atoms with Crippen molar-refractivity contribution in [3.8, 4) is 11.5 Å². The Labute approximate surface area is 149 Å². The summed E-state index contributed by atoms with van der Waals surface area (Å²) >= 11 is 0. The fourth-order valence-corrected chi connectivity index (χ4v) is 2.05. The molecule has 0 bridgehead atoms. The first-order valence-electron chi connectivity index (χ1n) is 8.07. The van der Waals surface area contributed by atoms with Gasteiger partial charge in [0.1, 0.15) is 5.56 Å². The highest BCUT2D eigenvalue weighted by molar-refractivity contribution is 5.99. The highest BCUT2D eigenvalue weighted by Crippen LogP contribution is 2.35. The van der Waals surface area contributed by atoms with Crippen molar-refractivity contribution in [3.63, 3.8) is 0 Å². The zero-order valence-corrected chi connectivity index (χ0v) is 14.6. The maximum Gasteiger partial charge on any atom is 0.387 e. The Hall–Kier alpha value is -2.49. The average molecular weight is 376 g/mol. The van der Waals surface area contributed by atoms with Crippen LogP contribution in [0.15, 0.2) is 12.1 Å². The van der Waals surface area contributed by atoms with Crippen LogP contribution in [0.1, 0.15) is 36.5 Å². The predicted octanol–water partition coefficient (Wildman–Crippen LogP) is 3.14. The van der Waals surface area contributed by atoms with E-state index in [0.29, 0.717) is 19.6 Å². The van der Waals surface area contributed by atoms with Gasteiger partial charge < -0.3 is 19.5 Å². The van der Waals surface area contributed by atoms with Crippen LogP contribution in [0, 0.1) is 10.1 Å². The first-order chi connectivity index (χ1) is 12.4. The molecule has 1 rings (SSSR count). The van der Waals surface area contributed by atoms with Gasteiger partial charge in [0.05, 0.1) is 18.1 Å². The monoisotopic (exact) mass is 376 g/mol. The zero-order chi connectivity index (χ0) is 19.5. The number of nitrogens with one attached hydrogen (secondary N) is 1. The van der Waals surface area contributed by atoms with E-state index < -0.39 is 28.9 Å². The Morgan fingerprint density at radius 1 is 1.27 bits per heavy atom. The zero-order valence-electron chi connectivity index (χ0n) is 14.6. The molecule has 1 aromatic carbocycles. The summed E-state index contributed by atoms with van der Waals surface area (Å²) in [4.78, 5) is 22.5. The second-order valence-electron chi connectivity index (χ2n) is 5.23. The van der Waals surface area contributed by atoms with Crippen molar-refractivity contribution in [3.05, 3.63) is 27.8 Å². The van der Waals surface area contributed by atoms with E-state index in [1.807, 2.05) is 6.92 Å². The number of methoxy groups -OCH3 is 1. The maximum atomic E-state index is 12.4. The van der Waals surface area contributed by atoms with Crippen LogP contribution in [-0.4, -0.2) is 44.3 Å². The lowest BCUT2D eigenvalue weighted by molar-refractivity contribution is -0.385. The van der Waals surface area contributed by atoms with E-state index in [1.165, 1.54) is 7.11 Å². The minimum Gasteiger partial charge on any atom is -0.493 e. The van der Waals surface area contributed by atoms with Gasteiger partial charge in [0.15, 0.2) is 11.5 Å². The molecule has 1 amide bonds. The molecule has 0 heterocycles. The molecule has 146 valence electrons.